The van der Waals surface area contributed by atoms with Crippen molar-refractivity contribution in [2.24, 2.45) is 5.92 Å². The molecule has 0 spiro atoms. The molecule has 2 aliphatic rings. The zero-order chi connectivity index (χ0) is 17.7. The summed E-state index contributed by atoms with van der Waals surface area (Å²) in [4.78, 5) is 14.4. The third-order valence-electron chi connectivity index (χ3n) is 5.51. The lowest BCUT2D eigenvalue weighted by Gasteiger charge is -2.26. The molecule has 1 atom stereocenters. The Morgan fingerprint density at radius 1 is 1.23 bits per heavy atom. The van der Waals surface area contributed by atoms with Crippen LogP contribution in [0.3, 0.4) is 0 Å². The van der Waals surface area contributed by atoms with E-state index in [1.54, 1.807) is 6.33 Å². The molecule has 7 heteroatoms. The molecule has 0 N–H and O–H groups in total. The van der Waals surface area contributed by atoms with Gasteiger partial charge in [0.05, 0.1) is 11.4 Å². The van der Waals surface area contributed by atoms with E-state index in [-0.39, 0.29) is 6.04 Å². The Balaban J connectivity index is 1.58. The predicted octanol–water partition coefficient (Wildman–Crippen LogP) is 3.77. The molecule has 0 saturated carbocycles. The number of hydrogen-bond donors (Lipinski definition) is 0. The number of fused-ring (bicyclic) bond motifs is 3. The maximum Gasteiger partial charge on any atom is 0.155 e. The fraction of sp³-hybridized carbons (Fsp3) is 0.579. The van der Waals surface area contributed by atoms with Crippen molar-refractivity contribution in [2.75, 3.05) is 11.4 Å². The third-order valence-corrected chi connectivity index (χ3v) is 6.71. The molecule has 4 heterocycles. The van der Waals surface area contributed by atoms with Crippen LogP contribution in [0.15, 0.2) is 12.7 Å². The van der Waals surface area contributed by atoms with Crippen LogP contribution in [0, 0.1) is 5.92 Å². The molecule has 5 rings (SSSR count). The normalized spacial score (nSPS) is 19.8. The van der Waals surface area contributed by atoms with Gasteiger partial charge in [0.1, 0.15) is 23.3 Å². The number of thiophene rings is 1. The lowest BCUT2D eigenvalue weighted by Crippen LogP contribution is -2.27. The summed E-state index contributed by atoms with van der Waals surface area (Å²) in [6, 6.07) is 0.256. The molecule has 0 amide bonds. The van der Waals surface area contributed by atoms with E-state index in [1.165, 1.54) is 28.7 Å². The van der Waals surface area contributed by atoms with Crippen LogP contribution in [0.4, 0.5) is 5.82 Å². The third kappa shape index (κ3) is 2.52. The van der Waals surface area contributed by atoms with Gasteiger partial charge in [-0.15, -0.1) is 21.5 Å². The highest BCUT2D eigenvalue weighted by Crippen LogP contribution is 2.43. The van der Waals surface area contributed by atoms with Crippen molar-refractivity contribution in [1.29, 1.82) is 0 Å². The molecule has 0 aromatic carbocycles. The van der Waals surface area contributed by atoms with Gasteiger partial charge in [0.15, 0.2) is 5.82 Å². The summed E-state index contributed by atoms with van der Waals surface area (Å²) >= 11 is 1.86. The van der Waals surface area contributed by atoms with Crippen LogP contribution in [0.25, 0.3) is 10.2 Å². The molecule has 136 valence electrons. The first-order chi connectivity index (χ1) is 12.7. The van der Waals surface area contributed by atoms with Gasteiger partial charge in [0, 0.05) is 18.0 Å². The van der Waals surface area contributed by atoms with Gasteiger partial charge in [0.2, 0.25) is 0 Å². The molecule has 0 radical (unpaired) electrons. The highest BCUT2D eigenvalue weighted by molar-refractivity contribution is 7.19. The molecule has 1 aliphatic heterocycles. The van der Waals surface area contributed by atoms with Crippen molar-refractivity contribution in [3.05, 3.63) is 28.9 Å². The second kappa shape index (κ2) is 6.30. The highest BCUT2D eigenvalue weighted by Gasteiger charge is 2.33. The van der Waals surface area contributed by atoms with E-state index >= 15 is 0 Å². The van der Waals surface area contributed by atoms with Gasteiger partial charge in [-0.1, -0.05) is 13.8 Å². The quantitative estimate of drug-likeness (QED) is 0.701. The summed E-state index contributed by atoms with van der Waals surface area (Å²) in [6.45, 7) is 6.45. The van der Waals surface area contributed by atoms with Gasteiger partial charge < -0.3 is 9.47 Å². The summed E-state index contributed by atoms with van der Waals surface area (Å²) in [7, 11) is 0. The maximum absolute atomic E-state index is 4.75. The average Bonchev–Trinajstić information content (AvgIpc) is 3.37. The van der Waals surface area contributed by atoms with Crippen LogP contribution >= 0.6 is 11.3 Å². The Morgan fingerprint density at radius 2 is 2.15 bits per heavy atom. The van der Waals surface area contributed by atoms with Crippen molar-refractivity contribution in [3.8, 4) is 0 Å². The van der Waals surface area contributed by atoms with E-state index in [4.69, 9.17) is 4.98 Å². The molecular formula is C19H24N6S. The number of aromatic nitrogens is 5. The van der Waals surface area contributed by atoms with Crippen molar-refractivity contribution >= 4 is 27.4 Å². The fourth-order valence-corrected chi connectivity index (χ4v) is 5.70. The van der Waals surface area contributed by atoms with Crippen LogP contribution in [-0.2, 0) is 19.4 Å². The SMILES string of the molecule is CC(C)Cn1cnnc1C1CCCN1c1ncnc2sc3c(c12)CCC3. The molecule has 1 unspecified atom stereocenters. The van der Waals surface area contributed by atoms with Gasteiger partial charge >= 0.3 is 0 Å². The van der Waals surface area contributed by atoms with Crippen LogP contribution in [0.5, 0.6) is 0 Å². The minimum absolute atomic E-state index is 0.256. The summed E-state index contributed by atoms with van der Waals surface area (Å²) in [6.07, 6.45) is 9.50. The zero-order valence-electron chi connectivity index (χ0n) is 15.4. The lowest BCUT2D eigenvalue weighted by atomic mass is 10.1. The van der Waals surface area contributed by atoms with Gasteiger partial charge in [-0.2, -0.15) is 0 Å². The van der Waals surface area contributed by atoms with Crippen molar-refractivity contribution in [3.63, 3.8) is 0 Å². The minimum atomic E-state index is 0.256. The van der Waals surface area contributed by atoms with E-state index in [0.29, 0.717) is 5.92 Å². The van der Waals surface area contributed by atoms with E-state index in [0.717, 1.165) is 48.8 Å². The Kier molecular flexibility index (Phi) is 3.92. The highest BCUT2D eigenvalue weighted by atomic mass is 32.1. The molecule has 6 nitrogen and oxygen atoms in total. The Labute approximate surface area is 157 Å². The molecule has 1 saturated heterocycles. The first-order valence-electron chi connectivity index (χ1n) is 9.62. The van der Waals surface area contributed by atoms with Crippen LogP contribution in [-0.4, -0.2) is 31.3 Å². The Bertz CT molecular complexity index is 943. The van der Waals surface area contributed by atoms with Crippen LogP contribution in [0.1, 0.15) is 55.4 Å². The minimum Gasteiger partial charge on any atom is -0.346 e. The molecule has 1 fully saturated rings. The van der Waals surface area contributed by atoms with Gasteiger partial charge in [0.25, 0.3) is 0 Å². The first kappa shape index (κ1) is 16.2. The van der Waals surface area contributed by atoms with E-state index in [2.05, 4.69) is 38.5 Å². The summed E-state index contributed by atoms with van der Waals surface area (Å²) in [5.41, 5.74) is 1.50. The molecule has 3 aromatic heterocycles. The van der Waals surface area contributed by atoms with Crippen LogP contribution in [0.2, 0.25) is 0 Å². The van der Waals surface area contributed by atoms with E-state index in [1.807, 2.05) is 17.7 Å². The van der Waals surface area contributed by atoms with Gasteiger partial charge in [-0.25, -0.2) is 9.97 Å². The second-order valence-electron chi connectivity index (χ2n) is 7.82. The van der Waals surface area contributed by atoms with E-state index in [9.17, 15) is 0 Å². The standard InChI is InChI=1S/C19H24N6S/c1-12(2)9-24-11-22-23-17(24)14-6-4-8-25(14)18-16-13-5-3-7-15(13)26-19(16)21-10-20-18/h10-12,14H,3-9H2,1-2H3. The van der Waals surface area contributed by atoms with E-state index < -0.39 is 0 Å². The fourth-order valence-electron chi connectivity index (χ4n) is 4.47. The van der Waals surface area contributed by atoms with Crippen molar-refractivity contribution < 1.29 is 0 Å². The summed E-state index contributed by atoms with van der Waals surface area (Å²) in [5.74, 6) is 2.76. The smallest absolute Gasteiger partial charge is 0.155 e. The van der Waals surface area contributed by atoms with Crippen molar-refractivity contribution in [2.45, 2.75) is 58.5 Å². The molecule has 1 aliphatic carbocycles. The number of anilines is 1. The topological polar surface area (TPSA) is 59.7 Å². The largest absolute Gasteiger partial charge is 0.346 e. The van der Waals surface area contributed by atoms with Gasteiger partial charge in [-0.05, 0) is 43.6 Å². The summed E-state index contributed by atoms with van der Waals surface area (Å²) < 4.78 is 2.23. The molecule has 3 aromatic rings. The number of hydrogen-bond acceptors (Lipinski definition) is 6. The zero-order valence-corrected chi connectivity index (χ0v) is 16.2. The number of nitrogens with zero attached hydrogens (tertiary/aromatic N) is 6. The predicted molar refractivity (Wildman–Crippen MR) is 104 cm³/mol. The molecule has 26 heavy (non-hydrogen) atoms. The van der Waals surface area contributed by atoms with Crippen LogP contribution < -0.4 is 4.90 Å². The van der Waals surface area contributed by atoms with Crippen molar-refractivity contribution in [1.82, 2.24) is 24.7 Å². The van der Waals surface area contributed by atoms with Gasteiger partial charge in [-0.3, -0.25) is 0 Å². The summed E-state index contributed by atoms with van der Waals surface area (Å²) in [5, 5.41) is 10.0. The second-order valence-corrected chi connectivity index (χ2v) is 8.91. The maximum atomic E-state index is 4.75. The molecular weight excluding hydrogens is 344 g/mol. The number of aryl methyl sites for hydroxylation is 2. The lowest BCUT2D eigenvalue weighted by molar-refractivity contribution is 0.487. The first-order valence-corrected chi connectivity index (χ1v) is 10.4. The molecule has 0 bridgehead atoms. The average molecular weight is 369 g/mol. The number of rotatable bonds is 4. The monoisotopic (exact) mass is 368 g/mol. The Morgan fingerprint density at radius 3 is 3.04 bits per heavy atom. The Hall–Kier alpha value is -2.02.